The van der Waals surface area contributed by atoms with Gasteiger partial charge in [-0.2, -0.15) is 0 Å². The molecule has 19 heavy (non-hydrogen) atoms. The SMILES string of the molecule is CCNC(=O)CN(C)C(=O)c1ccc2c(c1)NCC2. The first-order valence-corrected chi connectivity index (χ1v) is 6.50. The van der Waals surface area contributed by atoms with Crippen molar-refractivity contribution in [3.05, 3.63) is 29.3 Å². The number of carbonyl (C=O) groups is 2. The van der Waals surface area contributed by atoms with Crippen molar-refractivity contribution in [3.8, 4) is 0 Å². The lowest BCUT2D eigenvalue weighted by Gasteiger charge is -2.17. The molecule has 1 aliphatic rings. The van der Waals surface area contributed by atoms with Gasteiger partial charge in [0.2, 0.25) is 5.91 Å². The number of carbonyl (C=O) groups excluding carboxylic acids is 2. The number of rotatable bonds is 4. The summed E-state index contributed by atoms with van der Waals surface area (Å²) in [4.78, 5) is 25.1. The van der Waals surface area contributed by atoms with Crippen LogP contribution in [-0.2, 0) is 11.2 Å². The van der Waals surface area contributed by atoms with Crippen LogP contribution < -0.4 is 10.6 Å². The Bertz CT molecular complexity index is 499. The molecule has 2 N–H and O–H groups in total. The van der Waals surface area contributed by atoms with Crippen molar-refractivity contribution in [1.82, 2.24) is 10.2 Å². The number of hydrogen-bond donors (Lipinski definition) is 2. The van der Waals surface area contributed by atoms with Crippen LogP contribution in [0.1, 0.15) is 22.8 Å². The molecule has 102 valence electrons. The van der Waals surface area contributed by atoms with Gasteiger partial charge in [-0.15, -0.1) is 0 Å². The highest BCUT2D eigenvalue weighted by Crippen LogP contribution is 2.23. The molecule has 1 heterocycles. The van der Waals surface area contributed by atoms with Crippen molar-refractivity contribution in [2.45, 2.75) is 13.3 Å². The maximum Gasteiger partial charge on any atom is 0.254 e. The topological polar surface area (TPSA) is 61.4 Å². The summed E-state index contributed by atoms with van der Waals surface area (Å²) in [5.41, 5.74) is 2.88. The highest BCUT2D eigenvalue weighted by Gasteiger charge is 2.17. The number of nitrogens with zero attached hydrogens (tertiary/aromatic N) is 1. The molecule has 0 bridgehead atoms. The van der Waals surface area contributed by atoms with Crippen molar-refractivity contribution < 1.29 is 9.59 Å². The zero-order chi connectivity index (χ0) is 13.8. The van der Waals surface area contributed by atoms with Gasteiger partial charge in [-0.3, -0.25) is 9.59 Å². The molecule has 0 radical (unpaired) electrons. The summed E-state index contributed by atoms with van der Waals surface area (Å²) in [6.45, 7) is 3.43. The second-order valence-corrected chi connectivity index (χ2v) is 4.66. The van der Waals surface area contributed by atoms with Crippen molar-refractivity contribution in [2.75, 3.05) is 32.0 Å². The smallest absolute Gasteiger partial charge is 0.254 e. The number of nitrogens with one attached hydrogen (secondary N) is 2. The number of anilines is 1. The predicted molar refractivity (Wildman–Crippen MR) is 74.3 cm³/mol. The standard InChI is InChI=1S/C14H19N3O2/c1-3-15-13(18)9-17(2)14(19)11-5-4-10-6-7-16-12(10)8-11/h4-5,8,16H,3,6-7,9H2,1-2H3,(H,15,18). The molecule has 0 saturated heterocycles. The minimum absolute atomic E-state index is 0.0805. The third kappa shape index (κ3) is 3.05. The first-order valence-electron chi connectivity index (χ1n) is 6.50. The Hall–Kier alpha value is -2.04. The summed E-state index contributed by atoms with van der Waals surface area (Å²) in [6, 6.07) is 5.66. The van der Waals surface area contributed by atoms with Gasteiger partial charge < -0.3 is 15.5 Å². The van der Waals surface area contributed by atoms with E-state index < -0.39 is 0 Å². The van der Waals surface area contributed by atoms with Gasteiger partial charge in [0.25, 0.3) is 5.91 Å². The lowest BCUT2D eigenvalue weighted by molar-refractivity contribution is -0.121. The van der Waals surface area contributed by atoms with Crippen LogP contribution in [0.5, 0.6) is 0 Å². The third-order valence-corrected chi connectivity index (χ3v) is 3.17. The summed E-state index contributed by atoms with van der Waals surface area (Å²) in [6.07, 6.45) is 0.999. The molecule has 1 aromatic rings. The molecule has 1 aromatic carbocycles. The van der Waals surface area contributed by atoms with E-state index in [1.54, 1.807) is 7.05 Å². The molecule has 0 spiro atoms. The van der Waals surface area contributed by atoms with E-state index in [1.807, 2.05) is 25.1 Å². The first-order chi connectivity index (χ1) is 9.11. The molecule has 0 fully saturated rings. The number of likely N-dealkylation sites (N-methyl/N-ethyl adjacent to an activating group) is 2. The van der Waals surface area contributed by atoms with Gasteiger partial charge >= 0.3 is 0 Å². The number of amides is 2. The molecule has 0 saturated carbocycles. The maximum atomic E-state index is 12.2. The highest BCUT2D eigenvalue weighted by atomic mass is 16.2. The van der Waals surface area contributed by atoms with Gasteiger partial charge in [0.1, 0.15) is 0 Å². The van der Waals surface area contributed by atoms with Gasteiger partial charge in [0.05, 0.1) is 6.54 Å². The molecule has 5 nitrogen and oxygen atoms in total. The Kier molecular flexibility index (Phi) is 4.04. The second-order valence-electron chi connectivity index (χ2n) is 4.66. The Balaban J connectivity index is 2.05. The van der Waals surface area contributed by atoms with Gasteiger partial charge in [-0.05, 0) is 31.0 Å². The summed E-state index contributed by atoms with van der Waals surface area (Å²) in [5.74, 6) is -0.277. The minimum atomic E-state index is -0.141. The fraction of sp³-hybridized carbons (Fsp3) is 0.429. The van der Waals surface area contributed by atoms with Crippen LogP contribution in [0.4, 0.5) is 5.69 Å². The lowest BCUT2D eigenvalue weighted by Crippen LogP contribution is -2.38. The average Bonchev–Trinajstić information content (AvgIpc) is 2.85. The van der Waals surface area contributed by atoms with Crippen LogP contribution in [0.15, 0.2) is 18.2 Å². The molecule has 0 aliphatic carbocycles. The van der Waals surface area contributed by atoms with Crippen LogP contribution in [-0.4, -0.2) is 43.4 Å². The summed E-state index contributed by atoms with van der Waals surface area (Å²) < 4.78 is 0. The van der Waals surface area contributed by atoms with E-state index >= 15 is 0 Å². The third-order valence-electron chi connectivity index (χ3n) is 3.17. The molecule has 2 rings (SSSR count). The molecule has 5 heteroatoms. The summed E-state index contributed by atoms with van der Waals surface area (Å²) in [5, 5.41) is 5.92. The van der Waals surface area contributed by atoms with E-state index in [0.29, 0.717) is 12.1 Å². The van der Waals surface area contributed by atoms with Gasteiger partial charge in [-0.25, -0.2) is 0 Å². The quantitative estimate of drug-likeness (QED) is 0.845. The molecule has 0 aromatic heterocycles. The van der Waals surface area contributed by atoms with Crippen LogP contribution in [0, 0.1) is 0 Å². The Morgan fingerprint density at radius 3 is 2.95 bits per heavy atom. The predicted octanol–water partition coefficient (Wildman–Crippen LogP) is 0.863. The summed E-state index contributed by atoms with van der Waals surface area (Å²) in [7, 11) is 1.64. The fourth-order valence-corrected chi connectivity index (χ4v) is 2.18. The molecular formula is C14H19N3O2. The average molecular weight is 261 g/mol. The van der Waals surface area contributed by atoms with Crippen molar-refractivity contribution in [2.24, 2.45) is 0 Å². The number of fused-ring (bicyclic) bond motifs is 1. The second kappa shape index (κ2) is 5.73. The monoisotopic (exact) mass is 261 g/mol. The Labute approximate surface area is 113 Å². The zero-order valence-corrected chi connectivity index (χ0v) is 11.3. The van der Waals surface area contributed by atoms with E-state index in [2.05, 4.69) is 10.6 Å². The molecule has 2 amide bonds. The van der Waals surface area contributed by atoms with E-state index in [4.69, 9.17) is 0 Å². The van der Waals surface area contributed by atoms with Crippen LogP contribution in [0.3, 0.4) is 0 Å². The molecule has 0 atom stereocenters. The van der Waals surface area contributed by atoms with Crippen LogP contribution >= 0.6 is 0 Å². The number of benzene rings is 1. The van der Waals surface area contributed by atoms with Crippen molar-refractivity contribution >= 4 is 17.5 Å². The van der Waals surface area contributed by atoms with E-state index in [0.717, 1.165) is 18.7 Å². The zero-order valence-electron chi connectivity index (χ0n) is 11.3. The van der Waals surface area contributed by atoms with Crippen LogP contribution in [0.2, 0.25) is 0 Å². The van der Waals surface area contributed by atoms with Gasteiger partial charge in [0, 0.05) is 31.4 Å². The van der Waals surface area contributed by atoms with E-state index in [-0.39, 0.29) is 18.4 Å². The lowest BCUT2D eigenvalue weighted by atomic mass is 10.1. The number of hydrogen-bond acceptors (Lipinski definition) is 3. The maximum absolute atomic E-state index is 12.2. The molecule has 1 aliphatic heterocycles. The molecule has 0 unspecified atom stereocenters. The van der Waals surface area contributed by atoms with Gasteiger partial charge in [0.15, 0.2) is 0 Å². The largest absolute Gasteiger partial charge is 0.384 e. The summed E-state index contributed by atoms with van der Waals surface area (Å²) >= 11 is 0. The fourth-order valence-electron chi connectivity index (χ4n) is 2.18. The van der Waals surface area contributed by atoms with Crippen molar-refractivity contribution in [3.63, 3.8) is 0 Å². The first kappa shape index (κ1) is 13.4. The Morgan fingerprint density at radius 1 is 1.42 bits per heavy atom. The van der Waals surface area contributed by atoms with Gasteiger partial charge in [-0.1, -0.05) is 6.07 Å². The highest BCUT2D eigenvalue weighted by molar-refractivity contribution is 5.97. The van der Waals surface area contributed by atoms with E-state index in [9.17, 15) is 9.59 Å². The Morgan fingerprint density at radius 2 is 2.21 bits per heavy atom. The van der Waals surface area contributed by atoms with E-state index in [1.165, 1.54) is 10.5 Å². The normalized spacial score (nSPS) is 12.5. The van der Waals surface area contributed by atoms with Crippen LogP contribution in [0.25, 0.3) is 0 Å². The molecular weight excluding hydrogens is 242 g/mol. The minimum Gasteiger partial charge on any atom is -0.384 e. The van der Waals surface area contributed by atoms with Crippen molar-refractivity contribution in [1.29, 1.82) is 0 Å².